The van der Waals surface area contributed by atoms with Crippen LogP contribution in [0.4, 0.5) is 13.2 Å². The number of primary amides is 1. The number of amides is 1. The van der Waals surface area contributed by atoms with Crippen LogP contribution in [0.3, 0.4) is 0 Å². The highest BCUT2D eigenvalue weighted by Gasteiger charge is 2.34. The number of alkyl halides is 3. The molecule has 1 rings (SSSR count). The molecule has 0 aliphatic rings. The Morgan fingerprint density at radius 3 is 2.26 bits per heavy atom. The summed E-state index contributed by atoms with van der Waals surface area (Å²) in [6.45, 7) is -0.991. The molecule has 8 heteroatoms. The zero-order valence-electron chi connectivity index (χ0n) is 9.36. The molecule has 0 aliphatic heterocycles. The molecule has 0 aliphatic carbocycles. The molecule has 0 saturated carbocycles. The summed E-state index contributed by atoms with van der Waals surface area (Å²) >= 11 is 0. The molecule has 1 aromatic rings. The summed E-state index contributed by atoms with van der Waals surface area (Å²) < 4.78 is 42.0. The van der Waals surface area contributed by atoms with Crippen LogP contribution in [0.15, 0.2) is 24.3 Å². The third kappa shape index (κ3) is 3.80. The van der Waals surface area contributed by atoms with Gasteiger partial charge in [0.15, 0.2) is 6.61 Å². The molecule has 102 valence electrons. The van der Waals surface area contributed by atoms with Crippen molar-refractivity contribution in [3.8, 4) is 0 Å². The fraction of sp³-hybridized carbons (Fsp3) is 0.182. The molecule has 1 aromatic carbocycles. The second-order valence-electron chi connectivity index (χ2n) is 3.41. The van der Waals surface area contributed by atoms with Crippen molar-refractivity contribution in [1.29, 1.82) is 0 Å². The van der Waals surface area contributed by atoms with Crippen molar-refractivity contribution in [2.45, 2.75) is 6.18 Å². The van der Waals surface area contributed by atoms with Crippen LogP contribution in [0, 0.1) is 0 Å². The lowest BCUT2D eigenvalue weighted by Crippen LogP contribution is -2.28. The van der Waals surface area contributed by atoms with E-state index >= 15 is 0 Å². The van der Waals surface area contributed by atoms with Crippen LogP contribution >= 0.6 is 0 Å². The SMILES string of the molecule is NC(=O)C(=O)OCC(=O)c1ccccc1C(F)(F)F. The zero-order chi connectivity index (χ0) is 14.6. The molecule has 0 heterocycles. The van der Waals surface area contributed by atoms with E-state index in [0.717, 1.165) is 18.2 Å². The van der Waals surface area contributed by atoms with Crippen molar-refractivity contribution < 1.29 is 32.3 Å². The number of carbonyl (C=O) groups is 3. The Bertz CT molecular complexity index is 525. The molecule has 0 unspecified atom stereocenters. The van der Waals surface area contributed by atoms with Crippen LogP contribution in [0.1, 0.15) is 15.9 Å². The van der Waals surface area contributed by atoms with E-state index in [1.807, 2.05) is 0 Å². The topological polar surface area (TPSA) is 86.5 Å². The van der Waals surface area contributed by atoms with Crippen molar-refractivity contribution in [2.24, 2.45) is 5.73 Å². The van der Waals surface area contributed by atoms with Gasteiger partial charge in [0.2, 0.25) is 5.78 Å². The molecular formula is C11H8F3NO4. The second kappa shape index (κ2) is 5.51. The van der Waals surface area contributed by atoms with Gasteiger partial charge < -0.3 is 10.5 Å². The number of ketones is 1. The van der Waals surface area contributed by atoms with Crippen LogP contribution in [-0.2, 0) is 20.5 Å². The predicted molar refractivity (Wildman–Crippen MR) is 55.9 cm³/mol. The molecule has 0 radical (unpaired) electrons. The normalized spacial score (nSPS) is 10.9. The van der Waals surface area contributed by atoms with Gasteiger partial charge >= 0.3 is 18.1 Å². The Balaban J connectivity index is 2.89. The smallest absolute Gasteiger partial charge is 0.417 e. The summed E-state index contributed by atoms with van der Waals surface area (Å²) in [6, 6.07) is 4.03. The number of hydrogen-bond donors (Lipinski definition) is 1. The molecule has 0 atom stereocenters. The first-order valence-electron chi connectivity index (χ1n) is 4.89. The fourth-order valence-electron chi connectivity index (χ4n) is 1.25. The maximum Gasteiger partial charge on any atom is 0.417 e. The highest BCUT2D eigenvalue weighted by atomic mass is 19.4. The van der Waals surface area contributed by atoms with E-state index in [-0.39, 0.29) is 0 Å². The minimum atomic E-state index is -4.71. The number of hydrogen-bond acceptors (Lipinski definition) is 4. The van der Waals surface area contributed by atoms with E-state index in [2.05, 4.69) is 10.5 Å². The molecule has 0 bridgehead atoms. The lowest BCUT2D eigenvalue weighted by molar-refractivity contribution is -0.152. The number of carbonyl (C=O) groups excluding carboxylic acids is 3. The number of ether oxygens (including phenoxy) is 1. The molecule has 0 spiro atoms. The van der Waals surface area contributed by atoms with Gasteiger partial charge in [-0.3, -0.25) is 9.59 Å². The lowest BCUT2D eigenvalue weighted by Gasteiger charge is -2.11. The molecule has 5 nitrogen and oxygen atoms in total. The zero-order valence-corrected chi connectivity index (χ0v) is 9.36. The van der Waals surface area contributed by atoms with Crippen molar-refractivity contribution in [3.63, 3.8) is 0 Å². The van der Waals surface area contributed by atoms with E-state index in [1.165, 1.54) is 6.07 Å². The van der Waals surface area contributed by atoms with E-state index < -0.39 is 41.6 Å². The van der Waals surface area contributed by atoms with Crippen LogP contribution in [-0.4, -0.2) is 24.3 Å². The average Bonchev–Trinajstić information content (AvgIpc) is 2.34. The van der Waals surface area contributed by atoms with Crippen molar-refractivity contribution >= 4 is 17.7 Å². The standard InChI is InChI=1S/C11H8F3NO4/c12-11(13,14)7-4-2-1-3-6(7)8(16)5-19-10(18)9(15)17/h1-4H,5H2,(H2,15,17). The van der Waals surface area contributed by atoms with Gasteiger partial charge in [-0.1, -0.05) is 18.2 Å². The van der Waals surface area contributed by atoms with Crippen LogP contribution in [0.5, 0.6) is 0 Å². The van der Waals surface area contributed by atoms with Gasteiger partial charge in [0, 0.05) is 5.56 Å². The number of halogens is 3. The van der Waals surface area contributed by atoms with Gasteiger partial charge in [0.1, 0.15) is 0 Å². The second-order valence-corrected chi connectivity index (χ2v) is 3.41. The number of esters is 1. The quantitative estimate of drug-likeness (QED) is 0.505. The summed E-state index contributed by atoms with van der Waals surface area (Å²) in [5, 5.41) is 0. The van der Waals surface area contributed by atoms with Gasteiger partial charge in [-0.15, -0.1) is 0 Å². The van der Waals surface area contributed by atoms with Crippen molar-refractivity contribution in [1.82, 2.24) is 0 Å². The monoisotopic (exact) mass is 275 g/mol. The summed E-state index contributed by atoms with van der Waals surface area (Å²) in [5.41, 5.74) is 2.77. The third-order valence-electron chi connectivity index (χ3n) is 2.07. The maximum atomic E-state index is 12.6. The predicted octanol–water partition coefficient (Wildman–Crippen LogP) is 0.917. The van der Waals surface area contributed by atoms with Crippen LogP contribution < -0.4 is 5.73 Å². The number of nitrogens with two attached hydrogens (primary N) is 1. The van der Waals surface area contributed by atoms with Crippen molar-refractivity contribution in [3.05, 3.63) is 35.4 Å². The Hall–Kier alpha value is -2.38. The summed E-state index contributed by atoms with van der Waals surface area (Å²) in [6.07, 6.45) is -4.71. The highest BCUT2D eigenvalue weighted by Crippen LogP contribution is 2.31. The first-order chi connectivity index (χ1) is 8.73. The Labute approximate surface area is 105 Å². The molecule has 0 aromatic heterocycles. The van der Waals surface area contributed by atoms with E-state index in [9.17, 15) is 27.6 Å². The van der Waals surface area contributed by atoms with Gasteiger partial charge in [0.25, 0.3) is 0 Å². The molecule has 0 saturated heterocycles. The molecule has 19 heavy (non-hydrogen) atoms. The van der Waals surface area contributed by atoms with Gasteiger partial charge in [-0.05, 0) is 6.07 Å². The Morgan fingerprint density at radius 2 is 1.74 bits per heavy atom. The minimum absolute atomic E-state index is 0.646. The summed E-state index contributed by atoms with van der Waals surface area (Å²) in [5.74, 6) is -4.00. The maximum absolute atomic E-state index is 12.6. The number of rotatable bonds is 3. The molecule has 0 fully saturated rings. The molecule has 1 amide bonds. The Kier molecular flexibility index (Phi) is 4.26. The third-order valence-corrected chi connectivity index (χ3v) is 2.07. The van der Waals surface area contributed by atoms with Gasteiger partial charge in [0.05, 0.1) is 5.56 Å². The minimum Gasteiger partial charge on any atom is -0.450 e. The van der Waals surface area contributed by atoms with Crippen molar-refractivity contribution in [2.75, 3.05) is 6.61 Å². The Morgan fingerprint density at radius 1 is 1.16 bits per heavy atom. The molecule has 2 N–H and O–H groups in total. The molecular weight excluding hydrogens is 267 g/mol. The average molecular weight is 275 g/mol. The van der Waals surface area contributed by atoms with E-state index in [0.29, 0.717) is 0 Å². The highest BCUT2D eigenvalue weighted by molar-refractivity contribution is 6.32. The van der Waals surface area contributed by atoms with Crippen LogP contribution in [0.2, 0.25) is 0 Å². The first kappa shape index (κ1) is 14.7. The number of benzene rings is 1. The summed E-state index contributed by atoms with van der Waals surface area (Å²) in [4.78, 5) is 32.5. The van der Waals surface area contributed by atoms with Crippen LogP contribution in [0.25, 0.3) is 0 Å². The van der Waals surface area contributed by atoms with E-state index in [1.54, 1.807) is 0 Å². The fourth-order valence-corrected chi connectivity index (χ4v) is 1.25. The summed E-state index contributed by atoms with van der Waals surface area (Å²) in [7, 11) is 0. The lowest BCUT2D eigenvalue weighted by atomic mass is 10.0. The van der Waals surface area contributed by atoms with E-state index in [4.69, 9.17) is 0 Å². The first-order valence-corrected chi connectivity index (χ1v) is 4.89. The largest absolute Gasteiger partial charge is 0.450 e. The number of Topliss-reactive ketones (excluding diaryl/α,β-unsaturated/α-hetero) is 1. The van der Waals surface area contributed by atoms with Gasteiger partial charge in [-0.2, -0.15) is 13.2 Å². The van der Waals surface area contributed by atoms with Gasteiger partial charge in [-0.25, -0.2) is 4.79 Å².